The molecule has 7 heteroatoms. The molecule has 0 atom stereocenters. The maximum atomic E-state index is 13.1. The molecule has 2 rings (SSSR count). The van der Waals surface area contributed by atoms with Crippen molar-refractivity contribution >= 4 is 0 Å². The third-order valence-electron chi connectivity index (χ3n) is 3.37. The average molecular weight is 386 g/mol. The number of halogens is 4. The van der Waals surface area contributed by atoms with E-state index in [2.05, 4.69) is 32.3 Å². The first-order chi connectivity index (χ1) is 12.6. The van der Waals surface area contributed by atoms with Crippen molar-refractivity contribution in [2.24, 2.45) is 5.92 Å². The van der Waals surface area contributed by atoms with Gasteiger partial charge in [0.05, 0.1) is 0 Å². The minimum Gasteiger partial charge on any atom is -0.329 e. The van der Waals surface area contributed by atoms with Crippen LogP contribution in [-0.4, -0.2) is 9.55 Å². The quantitative estimate of drug-likeness (QED) is 0.402. The molecule has 27 heavy (non-hydrogen) atoms. The molecule has 0 saturated heterocycles. The third kappa shape index (κ3) is 8.66. The first-order valence-corrected chi connectivity index (χ1v) is 8.51. The lowest BCUT2D eigenvalue weighted by atomic mass is 10.2. The van der Waals surface area contributed by atoms with Crippen LogP contribution in [0.4, 0.5) is 17.6 Å². The smallest absolute Gasteiger partial charge is 0.308 e. The number of allylic oxidation sites excluding steroid dienone is 1. The van der Waals surface area contributed by atoms with E-state index < -0.39 is 28.8 Å². The first kappa shape index (κ1) is 24.6. The van der Waals surface area contributed by atoms with Gasteiger partial charge in [0.2, 0.25) is 5.82 Å². The second-order valence-electron chi connectivity index (χ2n) is 6.15. The maximum absolute atomic E-state index is 13.1. The molecule has 1 heterocycles. The highest BCUT2D eigenvalue weighted by molar-refractivity contribution is 5.20. The van der Waals surface area contributed by atoms with Crippen LogP contribution in [0.1, 0.15) is 45.5 Å². The lowest BCUT2D eigenvalue weighted by Gasteiger charge is -2.10. The normalized spacial score (nSPS) is 9.85. The molecule has 0 radical (unpaired) electrons. The van der Waals surface area contributed by atoms with Crippen LogP contribution >= 0.6 is 0 Å². The summed E-state index contributed by atoms with van der Waals surface area (Å²) < 4.78 is 53.1. The van der Waals surface area contributed by atoms with Crippen molar-refractivity contribution in [2.45, 2.75) is 47.6 Å². The third-order valence-corrected chi connectivity index (χ3v) is 3.37. The topological polar surface area (TPSA) is 34.9 Å². The molecule has 0 aliphatic heterocycles. The van der Waals surface area contributed by atoms with Gasteiger partial charge >= 0.3 is 5.56 Å². The van der Waals surface area contributed by atoms with Gasteiger partial charge in [-0.05, 0) is 37.5 Å². The van der Waals surface area contributed by atoms with Crippen LogP contribution in [0.2, 0.25) is 0 Å². The number of hydrogen-bond donors (Lipinski definition) is 0. The highest BCUT2D eigenvalue weighted by Crippen LogP contribution is 2.15. The number of nitrogens with zero attached hydrogens (tertiary/aromatic N) is 2. The Hall–Kier alpha value is -2.44. The summed E-state index contributed by atoms with van der Waals surface area (Å²) in [7, 11) is 0. The van der Waals surface area contributed by atoms with Gasteiger partial charge in [0.15, 0.2) is 17.5 Å². The highest BCUT2D eigenvalue weighted by Gasteiger charge is 2.12. The van der Waals surface area contributed by atoms with Gasteiger partial charge in [-0.15, -0.1) is 6.58 Å². The molecule has 0 fully saturated rings. The number of hydrogen-bond acceptors (Lipinski definition) is 2. The van der Waals surface area contributed by atoms with Gasteiger partial charge in [0.25, 0.3) is 0 Å². The predicted octanol–water partition coefficient (Wildman–Crippen LogP) is 5.40. The Morgan fingerprint density at radius 1 is 1.15 bits per heavy atom. The van der Waals surface area contributed by atoms with E-state index in [9.17, 15) is 22.4 Å². The molecule has 0 saturated carbocycles. The minimum atomic E-state index is -1.57. The van der Waals surface area contributed by atoms with Crippen LogP contribution in [0.25, 0.3) is 0 Å². The zero-order valence-electron chi connectivity index (χ0n) is 16.3. The van der Waals surface area contributed by atoms with E-state index in [0.717, 1.165) is 24.2 Å². The van der Waals surface area contributed by atoms with Crippen LogP contribution in [0, 0.1) is 36.1 Å². The van der Waals surface area contributed by atoms with Crippen LogP contribution < -0.4 is 5.56 Å². The molecule has 0 spiro atoms. The first-order valence-electron chi connectivity index (χ1n) is 8.51. The summed E-state index contributed by atoms with van der Waals surface area (Å²) >= 11 is 0. The molecule has 0 N–H and O–H groups in total. The van der Waals surface area contributed by atoms with E-state index in [1.54, 1.807) is 6.08 Å². The van der Waals surface area contributed by atoms with Crippen molar-refractivity contribution in [3.8, 4) is 0 Å². The summed E-state index contributed by atoms with van der Waals surface area (Å²) in [4.78, 5) is 14.3. The zero-order valence-corrected chi connectivity index (χ0v) is 16.3. The van der Waals surface area contributed by atoms with Crippen LogP contribution in [0.5, 0.6) is 0 Å². The molecule has 0 unspecified atom stereocenters. The van der Waals surface area contributed by atoms with Gasteiger partial charge in [-0.1, -0.05) is 33.3 Å². The minimum absolute atomic E-state index is 0.0874. The second-order valence-corrected chi connectivity index (χ2v) is 6.15. The van der Waals surface area contributed by atoms with Crippen molar-refractivity contribution in [3.05, 3.63) is 76.0 Å². The SMILES string of the molecule is C=CC.CCC(C)C.Cc1nc(=O)c(F)cn1Cc1cc(F)c(F)c(F)c1. The Labute approximate surface area is 157 Å². The molecule has 1 aromatic heterocycles. The summed E-state index contributed by atoms with van der Waals surface area (Å²) in [6, 6.07) is 1.60. The molecule has 2 aromatic rings. The highest BCUT2D eigenvalue weighted by atomic mass is 19.2. The number of aryl methyl sites for hydroxylation is 1. The van der Waals surface area contributed by atoms with E-state index in [1.807, 2.05) is 6.92 Å². The standard InChI is InChI=1S/C12H8F4N2O.C5H12.C3H6/c1-6-17-12(19)10(15)5-18(6)4-7-2-8(13)11(16)9(14)3-7;1-4-5(2)3;1-3-2/h2-3,5H,4H2,1H3;5H,4H2,1-3H3;3H,1H2,2H3. The van der Waals surface area contributed by atoms with Crippen LogP contribution in [0.15, 0.2) is 35.8 Å². The molecule has 0 aliphatic carbocycles. The monoisotopic (exact) mass is 386 g/mol. The van der Waals surface area contributed by atoms with E-state index >= 15 is 0 Å². The van der Waals surface area contributed by atoms with Crippen LogP contribution in [-0.2, 0) is 6.54 Å². The van der Waals surface area contributed by atoms with Crippen molar-refractivity contribution in [1.82, 2.24) is 9.55 Å². The molecule has 3 nitrogen and oxygen atoms in total. The maximum Gasteiger partial charge on any atom is 0.308 e. The molecular weight excluding hydrogens is 360 g/mol. The van der Waals surface area contributed by atoms with Gasteiger partial charge < -0.3 is 4.57 Å². The molecular formula is C20H26F4N2O. The van der Waals surface area contributed by atoms with E-state index in [0.29, 0.717) is 0 Å². The van der Waals surface area contributed by atoms with Gasteiger partial charge in [0, 0.05) is 12.7 Å². The molecule has 1 aromatic carbocycles. The Balaban J connectivity index is 0.000000719. The fourth-order valence-corrected chi connectivity index (χ4v) is 1.61. The lowest BCUT2D eigenvalue weighted by Crippen LogP contribution is -2.19. The molecule has 0 amide bonds. The number of rotatable bonds is 3. The van der Waals surface area contributed by atoms with E-state index in [1.165, 1.54) is 17.9 Å². The van der Waals surface area contributed by atoms with Gasteiger partial charge in [-0.2, -0.15) is 9.37 Å². The van der Waals surface area contributed by atoms with Crippen molar-refractivity contribution in [1.29, 1.82) is 0 Å². The van der Waals surface area contributed by atoms with Crippen molar-refractivity contribution in [2.75, 3.05) is 0 Å². The largest absolute Gasteiger partial charge is 0.329 e. The predicted molar refractivity (Wildman–Crippen MR) is 99.6 cm³/mol. The lowest BCUT2D eigenvalue weighted by molar-refractivity contribution is 0.444. The number of aromatic nitrogens is 2. The Morgan fingerprint density at radius 2 is 1.59 bits per heavy atom. The van der Waals surface area contributed by atoms with Gasteiger partial charge in [-0.3, -0.25) is 4.79 Å². The summed E-state index contributed by atoms with van der Waals surface area (Å²) in [6.45, 7) is 13.2. The van der Waals surface area contributed by atoms with Gasteiger partial charge in [-0.25, -0.2) is 13.2 Å². The van der Waals surface area contributed by atoms with Crippen LogP contribution in [0.3, 0.4) is 0 Å². The molecule has 150 valence electrons. The Bertz CT molecular complexity index is 778. The Morgan fingerprint density at radius 3 is 2.00 bits per heavy atom. The molecule has 0 aliphatic rings. The summed E-state index contributed by atoms with van der Waals surface area (Å²) in [5.74, 6) is -4.24. The fraction of sp³-hybridized carbons (Fsp3) is 0.400. The second kappa shape index (κ2) is 12.0. The summed E-state index contributed by atoms with van der Waals surface area (Å²) in [5, 5.41) is 0. The summed E-state index contributed by atoms with van der Waals surface area (Å²) in [6.07, 6.45) is 3.93. The van der Waals surface area contributed by atoms with Gasteiger partial charge in [0.1, 0.15) is 5.82 Å². The Kier molecular flexibility index (Phi) is 11.0. The zero-order chi connectivity index (χ0) is 21.1. The van der Waals surface area contributed by atoms with Crippen molar-refractivity contribution in [3.63, 3.8) is 0 Å². The fourth-order valence-electron chi connectivity index (χ4n) is 1.61. The molecule has 0 bridgehead atoms. The number of benzene rings is 1. The summed E-state index contributed by atoms with van der Waals surface area (Å²) in [5.41, 5.74) is -0.922. The van der Waals surface area contributed by atoms with E-state index in [-0.39, 0.29) is 17.9 Å². The van der Waals surface area contributed by atoms with E-state index in [4.69, 9.17) is 0 Å². The van der Waals surface area contributed by atoms with Crippen molar-refractivity contribution < 1.29 is 17.6 Å². The average Bonchev–Trinajstić information content (AvgIpc) is 2.58.